The lowest BCUT2D eigenvalue weighted by atomic mass is 9.99. The van der Waals surface area contributed by atoms with Gasteiger partial charge in [0.2, 0.25) is 0 Å². The molecule has 0 aromatic heterocycles. The molecule has 0 spiro atoms. The summed E-state index contributed by atoms with van der Waals surface area (Å²) >= 11 is 0. The Morgan fingerprint density at radius 3 is 3.00 bits per heavy atom. The first-order valence-electron chi connectivity index (χ1n) is 8.02. The molecule has 1 aliphatic heterocycles. The zero-order valence-corrected chi connectivity index (χ0v) is 13.5. The van der Waals surface area contributed by atoms with Crippen LogP contribution in [0.2, 0.25) is 0 Å². The van der Waals surface area contributed by atoms with Crippen LogP contribution >= 0.6 is 0 Å². The maximum Gasteiger partial charge on any atom is 0.307 e. The van der Waals surface area contributed by atoms with Crippen molar-refractivity contribution < 1.29 is 19.4 Å². The van der Waals surface area contributed by atoms with E-state index in [2.05, 4.69) is 12.2 Å². The monoisotopic (exact) mass is 320 g/mol. The summed E-state index contributed by atoms with van der Waals surface area (Å²) in [5.74, 6) is -0.624. The highest BCUT2D eigenvalue weighted by Crippen LogP contribution is 2.16. The molecule has 1 unspecified atom stereocenters. The van der Waals surface area contributed by atoms with E-state index in [0.29, 0.717) is 25.4 Å². The molecule has 23 heavy (non-hydrogen) atoms. The Morgan fingerprint density at radius 1 is 1.43 bits per heavy atom. The number of aryl methyl sites for hydroxylation is 1. The van der Waals surface area contributed by atoms with Gasteiger partial charge in [-0.15, -0.1) is 0 Å². The van der Waals surface area contributed by atoms with Crippen LogP contribution in [0.1, 0.15) is 25.3 Å². The molecule has 1 atom stereocenters. The van der Waals surface area contributed by atoms with Gasteiger partial charge in [0.1, 0.15) is 5.75 Å². The summed E-state index contributed by atoms with van der Waals surface area (Å²) in [6.45, 7) is 3.68. The molecule has 1 aliphatic rings. The summed E-state index contributed by atoms with van der Waals surface area (Å²) in [6, 6.07) is 7.68. The minimum atomic E-state index is -0.764. The maximum atomic E-state index is 11.8. The van der Waals surface area contributed by atoms with Crippen LogP contribution in [0.3, 0.4) is 0 Å². The summed E-state index contributed by atoms with van der Waals surface area (Å²) in [7, 11) is 0. The third-order valence-corrected chi connectivity index (χ3v) is 4.03. The van der Waals surface area contributed by atoms with Crippen molar-refractivity contribution in [1.29, 1.82) is 0 Å². The van der Waals surface area contributed by atoms with Crippen LogP contribution in [0.15, 0.2) is 24.3 Å². The summed E-state index contributed by atoms with van der Waals surface area (Å²) in [5.41, 5.74) is 1.16. The number of carboxylic acids is 1. The van der Waals surface area contributed by atoms with Crippen molar-refractivity contribution in [3.8, 4) is 5.75 Å². The summed E-state index contributed by atoms with van der Waals surface area (Å²) < 4.78 is 5.48. The van der Waals surface area contributed by atoms with Gasteiger partial charge < -0.3 is 15.2 Å². The number of carboxylic acid groups (broad SMARTS) is 1. The third-order valence-electron chi connectivity index (χ3n) is 4.03. The molecular weight excluding hydrogens is 296 g/mol. The zero-order valence-electron chi connectivity index (χ0n) is 13.5. The molecule has 1 aromatic rings. The average molecular weight is 320 g/mol. The van der Waals surface area contributed by atoms with Crippen molar-refractivity contribution in [2.24, 2.45) is 5.92 Å². The maximum absolute atomic E-state index is 11.8. The fourth-order valence-corrected chi connectivity index (χ4v) is 2.66. The van der Waals surface area contributed by atoms with Gasteiger partial charge in [-0.05, 0) is 43.5 Å². The van der Waals surface area contributed by atoms with E-state index in [4.69, 9.17) is 9.84 Å². The van der Waals surface area contributed by atoms with Crippen LogP contribution in [0.25, 0.3) is 0 Å². The number of likely N-dealkylation sites (tertiary alicyclic amines) is 1. The highest BCUT2D eigenvalue weighted by Gasteiger charge is 2.25. The van der Waals surface area contributed by atoms with E-state index in [1.807, 2.05) is 29.2 Å². The quantitative estimate of drug-likeness (QED) is 0.796. The molecule has 0 radical (unpaired) electrons. The van der Waals surface area contributed by atoms with Crippen molar-refractivity contribution in [1.82, 2.24) is 10.2 Å². The van der Waals surface area contributed by atoms with Crippen LogP contribution in [0, 0.1) is 5.92 Å². The Morgan fingerprint density at radius 2 is 2.26 bits per heavy atom. The van der Waals surface area contributed by atoms with Crippen LogP contribution in [0.5, 0.6) is 5.75 Å². The highest BCUT2D eigenvalue weighted by atomic mass is 16.5. The largest absolute Gasteiger partial charge is 0.484 e. The van der Waals surface area contributed by atoms with Gasteiger partial charge in [-0.1, -0.05) is 19.1 Å². The zero-order chi connectivity index (χ0) is 16.7. The topological polar surface area (TPSA) is 78.9 Å². The number of hydrogen-bond acceptors (Lipinski definition) is 4. The van der Waals surface area contributed by atoms with E-state index in [9.17, 15) is 9.59 Å². The number of hydrogen-bond donors (Lipinski definition) is 2. The first-order chi connectivity index (χ1) is 11.1. The number of rotatable bonds is 7. The fraction of sp³-hybridized carbons (Fsp3) is 0.529. The van der Waals surface area contributed by atoms with Gasteiger partial charge in [0.25, 0.3) is 5.91 Å². The third kappa shape index (κ3) is 5.56. The van der Waals surface area contributed by atoms with Gasteiger partial charge in [0.05, 0.1) is 12.6 Å². The second-order valence-corrected chi connectivity index (χ2v) is 5.80. The normalized spacial score (nSPS) is 18.4. The van der Waals surface area contributed by atoms with Gasteiger partial charge >= 0.3 is 5.97 Å². The molecule has 2 N–H and O–H groups in total. The first-order valence-corrected chi connectivity index (χ1v) is 8.02. The number of amides is 1. The highest BCUT2D eigenvalue weighted by molar-refractivity contribution is 5.77. The van der Waals surface area contributed by atoms with E-state index < -0.39 is 5.97 Å². The number of carbonyl (C=O) groups is 2. The van der Waals surface area contributed by atoms with Crippen molar-refractivity contribution in [2.75, 3.05) is 26.4 Å². The van der Waals surface area contributed by atoms with Gasteiger partial charge in [-0.2, -0.15) is 0 Å². The van der Waals surface area contributed by atoms with Crippen molar-refractivity contribution in [3.05, 3.63) is 29.8 Å². The number of piperidine rings is 1. The minimum absolute atomic E-state index is 0.0383. The van der Waals surface area contributed by atoms with Crippen molar-refractivity contribution in [2.45, 2.75) is 26.2 Å². The second-order valence-electron chi connectivity index (χ2n) is 5.80. The molecule has 1 saturated heterocycles. The standard InChI is InChI=1S/C17H24N2O4/c1-2-13-5-3-7-15(9-13)23-11-16(20)18-12-19-8-4-6-14(10-19)17(21)22/h3,5,7,9,14H,2,4,6,8,10-12H2,1H3,(H,18,20)(H,21,22). The van der Waals surface area contributed by atoms with E-state index in [-0.39, 0.29) is 18.4 Å². The average Bonchev–Trinajstić information content (AvgIpc) is 2.58. The van der Waals surface area contributed by atoms with Gasteiger partial charge in [0.15, 0.2) is 6.61 Å². The second kappa shape index (κ2) is 8.53. The van der Waals surface area contributed by atoms with Gasteiger partial charge in [-0.3, -0.25) is 14.5 Å². The molecule has 1 heterocycles. The van der Waals surface area contributed by atoms with Crippen LogP contribution in [0.4, 0.5) is 0 Å². The van der Waals surface area contributed by atoms with Crippen LogP contribution in [-0.4, -0.2) is 48.2 Å². The Balaban J connectivity index is 1.71. The molecule has 0 saturated carbocycles. The Bertz CT molecular complexity index is 547. The minimum Gasteiger partial charge on any atom is -0.484 e. The molecule has 6 nitrogen and oxygen atoms in total. The molecule has 126 valence electrons. The van der Waals surface area contributed by atoms with Crippen LogP contribution in [-0.2, 0) is 16.0 Å². The number of benzene rings is 1. The van der Waals surface area contributed by atoms with E-state index in [0.717, 1.165) is 24.9 Å². The lowest BCUT2D eigenvalue weighted by Gasteiger charge is -2.30. The predicted octanol–water partition coefficient (Wildman–Crippen LogP) is 1.50. The summed E-state index contributed by atoms with van der Waals surface area (Å²) in [4.78, 5) is 24.8. The van der Waals surface area contributed by atoms with Gasteiger partial charge in [0, 0.05) is 6.54 Å². The Hall–Kier alpha value is -2.08. The first kappa shape index (κ1) is 17.3. The number of nitrogens with one attached hydrogen (secondary N) is 1. The van der Waals surface area contributed by atoms with Gasteiger partial charge in [-0.25, -0.2) is 0 Å². The Kier molecular flexibility index (Phi) is 6.40. The SMILES string of the molecule is CCc1cccc(OCC(=O)NCN2CCCC(C(=O)O)C2)c1. The number of nitrogens with zero attached hydrogens (tertiary/aromatic N) is 1. The lowest BCUT2D eigenvalue weighted by molar-refractivity contribution is -0.143. The molecule has 0 bridgehead atoms. The molecule has 1 aromatic carbocycles. The molecule has 2 rings (SSSR count). The van der Waals surface area contributed by atoms with Crippen molar-refractivity contribution >= 4 is 11.9 Å². The van der Waals surface area contributed by atoms with E-state index in [1.165, 1.54) is 0 Å². The van der Waals surface area contributed by atoms with Crippen molar-refractivity contribution in [3.63, 3.8) is 0 Å². The molecular formula is C17H24N2O4. The fourth-order valence-electron chi connectivity index (χ4n) is 2.66. The number of carbonyl (C=O) groups excluding carboxylic acids is 1. The number of aliphatic carboxylic acids is 1. The van der Waals surface area contributed by atoms with E-state index >= 15 is 0 Å². The summed E-state index contributed by atoms with van der Waals surface area (Å²) in [6.07, 6.45) is 2.47. The molecule has 0 aliphatic carbocycles. The smallest absolute Gasteiger partial charge is 0.307 e. The summed E-state index contributed by atoms with van der Waals surface area (Å²) in [5, 5.41) is 11.8. The number of ether oxygens (including phenoxy) is 1. The molecule has 1 amide bonds. The molecule has 1 fully saturated rings. The van der Waals surface area contributed by atoms with E-state index in [1.54, 1.807) is 0 Å². The van der Waals surface area contributed by atoms with Crippen LogP contribution < -0.4 is 10.1 Å². The predicted molar refractivity (Wildman–Crippen MR) is 86.3 cm³/mol. The molecule has 6 heteroatoms. The lowest BCUT2D eigenvalue weighted by Crippen LogP contribution is -2.45. The Labute approximate surface area is 136 Å².